The lowest BCUT2D eigenvalue weighted by Crippen LogP contribution is -2.45. The van der Waals surface area contributed by atoms with Crippen LogP contribution in [0.4, 0.5) is 0 Å². The monoisotopic (exact) mass is 417 g/mol. The number of hydrogen-bond donors (Lipinski definition) is 4. The summed E-state index contributed by atoms with van der Waals surface area (Å²) in [5, 5.41) is 11.6. The topological polar surface area (TPSA) is 99.4 Å². The van der Waals surface area contributed by atoms with Crippen molar-refractivity contribution in [1.29, 1.82) is 0 Å². The maximum Gasteiger partial charge on any atom is 0.253 e. The van der Waals surface area contributed by atoms with Crippen LogP contribution in [0, 0.1) is 0 Å². The highest BCUT2D eigenvalue weighted by Crippen LogP contribution is 2.53. The molecule has 7 nitrogen and oxygen atoms in total. The molecule has 1 amide bonds. The fourth-order valence-corrected chi connectivity index (χ4v) is 5.46. The van der Waals surface area contributed by atoms with Crippen molar-refractivity contribution < 1.29 is 19.5 Å². The van der Waals surface area contributed by atoms with Crippen LogP contribution in [0.3, 0.4) is 0 Å². The zero-order valence-corrected chi connectivity index (χ0v) is 17.2. The highest BCUT2D eigenvalue weighted by atomic mass is 16.8. The maximum absolute atomic E-state index is 12.9. The van der Waals surface area contributed by atoms with Crippen molar-refractivity contribution in [3.8, 4) is 0 Å². The summed E-state index contributed by atoms with van der Waals surface area (Å²) in [6.45, 7) is 3.72. The number of hydroxylamine groups is 1. The van der Waals surface area contributed by atoms with Crippen LogP contribution in [0.25, 0.3) is 21.8 Å². The summed E-state index contributed by atoms with van der Waals surface area (Å²) in [5.74, 6) is -2.23. The molecule has 1 aliphatic carbocycles. The molecule has 0 spiro atoms. The van der Waals surface area contributed by atoms with E-state index in [-0.39, 0.29) is 5.92 Å². The molecular formula is C24H23N3O4. The first-order valence-corrected chi connectivity index (χ1v) is 10.4. The molecule has 4 unspecified atom stereocenters. The zero-order chi connectivity index (χ0) is 21.3. The Morgan fingerprint density at radius 1 is 1.00 bits per heavy atom. The van der Waals surface area contributed by atoms with Crippen LogP contribution in [0.5, 0.6) is 0 Å². The summed E-state index contributed by atoms with van der Waals surface area (Å²) in [4.78, 5) is 19.8. The number of hydrogen-bond acceptors (Lipinski definition) is 4. The molecule has 6 rings (SSSR count). The van der Waals surface area contributed by atoms with Gasteiger partial charge in [-0.05, 0) is 37.1 Å². The van der Waals surface area contributed by atoms with E-state index in [1.54, 1.807) is 0 Å². The number of para-hydroxylation sites is 2. The Morgan fingerprint density at radius 2 is 1.68 bits per heavy atom. The third kappa shape index (κ3) is 2.61. The molecule has 0 saturated carbocycles. The average Bonchev–Trinajstić information content (AvgIpc) is 3.44. The van der Waals surface area contributed by atoms with Gasteiger partial charge in [0.05, 0.1) is 11.8 Å². The Balaban J connectivity index is 1.66. The van der Waals surface area contributed by atoms with Crippen LogP contribution >= 0.6 is 0 Å². The van der Waals surface area contributed by atoms with Crippen LogP contribution in [-0.2, 0) is 14.3 Å². The largest absolute Gasteiger partial charge is 0.361 e. The predicted molar refractivity (Wildman–Crippen MR) is 115 cm³/mol. The molecule has 1 saturated heterocycles. The normalized spacial score (nSPS) is 26.7. The standard InChI is InChI=1S/C24H23N3O4/c1-24(2)30-21-18(14-11-25-15-9-5-3-7-12(14)15)20-17(13-8-4-6-10-16(13)26-20)19(22(21)31-24)23(28)27-29/h3-11,18-19,21-22,25-26,29H,1-2H3,(H,27,28). The minimum absolute atomic E-state index is 0.173. The van der Waals surface area contributed by atoms with Gasteiger partial charge in [0.1, 0.15) is 12.2 Å². The molecule has 7 heteroatoms. The van der Waals surface area contributed by atoms with Gasteiger partial charge in [-0.15, -0.1) is 0 Å². The van der Waals surface area contributed by atoms with E-state index in [4.69, 9.17) is 9.47 Å². The first-order valence-electron chi connectivity index (χ1n) is 10.4. The SMILES string of the molecule is CC1(C)OC2C(C(=O)NO)c3c([nH]c4ccccc34)C(c3c[nH]c4ccccc34)C2O1. The summed E-state index contributed by atoms with van der Waals surface area (Å²) in [7, 11) is 0. The number of aromatic nitrogens is 2. The number of aromatic amines is 2. The smallest absolute Gasteiger partial charge is 0.253 e. The molecular weight excluding hydrogens is 394 g/mol. The van der Waals surface area contributed by atoms with E-state index in [2.05, 4.69) is 16.0 Å². The minimum atomic E-state index is -0.854. The Hall–Kier alpha value is -3.13. The van der Waals surface area contributed by atoms with E-state index < -0.39 is 29.8 Å². The molecule has 2 aromatic carbocycles. The number of nitrogens with one attached hydrogen (secondary N) is 3. The minimum Gasteiger partial charge on any atom is -0.361 e. The molecule has 31 heavy (non-hydrogen) atoms. The molecule has 2 aliphatic rings. The van der Waals surface area contributed by atoms with E-state index in [1.165, 1.54) is 0 Å². The maximum atomic E-state index is 12.9. The quantitative estimate of drug-likeness (QED) is 0.294. The lowest BCUT2D eigenvalue weighted by Gasteiger charge is -2.36. The highest BCUT2D eigenvalue weighted by Gasteiger charge is 2.56. The van der Waals surface area contributed by atoms with Crippen LogP contribution in [0.15, 0.2) is 54.7 Å². The first-order chi connectivity index (χ1) is 15.0. The number of benzene rings is 2. The summed E-state index contributed by atoms with van der Waals surface area (Å²) in [6, 6.07) is 16.1. The number of fused-ring (bicyclic) bond motifs is 5. The molecule has 4 atom stereocenters. The number of amides is 1. The van der Waals surface area contributed by atoms with Gasteiger partial charge in [-0.2, -0.15) is 0 Å². The van der Waals surface area contributed by atoms with Gasteiger partial charge >= 0.3 is 0 Å². The number of H-pyrrole nitrogens is 2. The molecule has 0 radical (unpaired) electrons. The number of ether oxygens (including phenoxy) is 2. The molecule has 3 heterocycles. The van der Waals surface area contributed by atoms with Crippen LogP contribution in [0.2, 0.25) is 0 Å². The lowest BCUT2D eigenvalue weighted by molar-refractivity contribution is -0.152. The zero-order valence-electron chi connectivity index (χ0n) is 17.2. The first kappa shape index (κ1) is 18.6. The Morgan fingerprint density at radius 3 is 2.45 bits per heavy atom. The average molecular weight is 417 g/mol. The van der Waals surface area contributed by atoms with Crippen molar-refractivity contribution in [2.75, 3.05) is 0 Å². The number of carbonyl (C=O) groups is 1. The van der Waals surface area contributed by atoms with Gasteiger partial charge < -0.3 is 19.4 Å². The molecule has 1 fully saturated rings. The number of carbonyl (C=O) groups excluding carboxylic acids is 1. The predicted octanol–water partition coefficient (Wildman–Crippen LogP) is 3.90. The van der Waals surface area contributed by atoms with E-state index >= 15 is 0 Å². The summed E-state index contributed by atoms with van der Waals surface area (Å²) in [5.41, 5.74) is 6.69. The lowest BCUT2D eigenvalue weighted by atomic mass is 9.72. The second-order valence-corrected chi connectivity index (χ2v) is 8.78. The van der Waals surface area contributed by atoms with E-state index in [9.17, 15) is 10.0 Å². The van der Waals surface area contributed by atoms with Gasteiger partial charge in [-0.1, -0.05) is 36.4 Å². The Labute approximate surface area is 178 Å². The van der Waals surface area contributed by atoms with E-state index in [0.717, 1.165) is 38.6 Å². The molecule has 1 aliphatic heterocycles. The van der Waals surface area contributed by atoms with Gasteiger partial charge in [-0.25, -0.2) is 5.48 Å². The molecule has 2 aromatic heterocycles. The van der Waals surface area contributed by atoms with Crippen molar-refractivity contribution in [2.45, 2.75) is 43.7 Å². The van der Waals surface area contributed by atoms with Crippen LogP contribution in [-0.4, -0.2) is 39.1 Å². The van der Waals surface area contributed by atoms with Crippen molar-refractivity contribution in [3.05, 3.63) is 71.5 Å². The Bertz CT molecular complexity index is 1320. The fourth-order valence-electron chi connectivity index (χ4n) is 5.46. The molecule has 4 N–H and O–H groups in total. The third-order valence-electron chi connectivity index (χ3n) is 6.57. The second-order valence-electron chi connectivity index (χ2n) is 8.78. The molecule has 4 aromatic rings. The van der Waals surface area contributed by atoms with Crippen molar-refractivity contribution in [1.82, 2.24) is 15.4 Å². The van der Waals surface area contributed by atoms with Gasteiger partial charge in [0, 0.05) is 33.7 Å². The van der Waals surface area contributed by atoms with Gasteiger partial charge in [0.2, 0.25) is 0 Å². The van der Waals surface area contributed by atoms with Crippen molar-refractivity contribution >= 4 is 27.7 Å². The summed E-state index contributed by atoms with van der Waals surface area (Å²) >= 11 is 0. The van der Waals surface area contributed by atoms with Gasteiger partial charge in [0.15, 0.2) is 5.79 Å². The molecule has 0 bridgehead atoms. The van der Waals surface area contributed by atoms with Crippen LogP contribution < -0.4 is 5.48 Å². The number of rotatable bonds is 2. The fraction of sp³-hybridized carbons (Fsp3) is 0.292. The van der Waals surface area contributed by atoms with Gasteiger partial charge in [-0.3, -0.25) is 10.0 Å². The van der Waals surface area contributed by atoms with Crippen molar-refractivity contribution in [2.24, 2.45) is 0 Å². The third-order valence-corrected chi connectivity index (χ3v) is 6.57. The molecule has 158 valence electrons. The highest BCUT2D eigenvalue weighted by molar-refractivity contribution is 5.95. The summed E-state index contributed by atoms with van der Waals surface area (Å²) in [6.07, 6.45) is 1.06. The van der Waals surface area contributed by atoms with E-state index in [0.29, 0.717) is 0 Å². The van der Waals surface area contributed by atoms with Gasteiger partial charge in [0.25, 0.3) is 5.91 Å². The Kier molecular flexibility index (Phi) is 3.87. The summed E-state index contributed by atoms with van der Waals surface area (Å²) < 4.78 is 12.7. The second kappa shape index (κ2) is 6.43. The van der Waals surface area contributed by atoms with E-state index in [1.807, 2.05) is 68.0 Å². The van der Waals surface area contributed by atoms with Crippen molar-refractivity contribution in [3.63, 3.8) is 0 Å². The van der Waals surface area contributed by atoms with Crippen LogP contribution in [0.1, 0.15) is 42.5 Å².